The molecule has 5 heteroatoms. The molecule has 112 valence electrons. The van der Waals surface area contributed by atoms with Crippen LogP contribution in [0, 0.1) is 0 Å². The van der Waals surface area contributed by atoms with Gasteiger partial charge in [-0.3, -0.25) is 9.89 Å². The van der Waals surface area contributed by atoms with Crippen LogP contribution in [0.4, 0.5) is 5.82 Å². The summed E-state index contributed by atoms with van der Waals surface area (Å²) in [4.78, 5) is 19.3. The minimum atomic E-state index is -0.0623. The third kappa shape index (κ3) is 2.19. The monoisotopic (exact) mass is 294 g/mol. The van der Waals surface area contributed by atoms with Crippen molar-refractivity contribution in [3.8, 4) is 11.1 Å². The maximum atomic E-state index is 12.4. The summed E-state index contributed by atoms with van der Waals surface area (Å²) < 4.78 is 1.51. The zero-order chi connectivity index (χ0) is 14.9. The number of anilines is 1. The molecule has 3 heterocycles. The third-order valence-corrected chi connectivity index (χ3v) is 4.25. The predicted octanol–water partition coefficient (Wildman–Crippen LogP) is 2.68. The van der Waals surface area contributed by atoms with Crippen molar-refractivity contribution >= 4 is 11.5 Å². The lowest BCUT2D eigenvalue weighted by atomic mass is 10.1. The maximum absolute atomic E-state index is 12.4. The van der Waals surface area contributed by atoms with Crippen molar-refractivity contribution in [2.45, 2.75) is 19.3 Å². The first kappa shape index (κ1) is 13.1. The van der Waals surface area contributed by atoms with Gasteiger partial charge in [0.2, 0.25) is 0 Å². The van der Waals surface area contributed by atoms with Gasteiger partial charge < -0.3 is 4.90 Å². The molecule has 0 amide bonds. The Bertz CT molecular complexity index is 844. The highest BCUT2D eigenvalue weighted by Crippen LogP contribution is 2.24. The Kier molecular flexibility index (Phi) is 3.18. The Hall–Kier alpha value is -2.56. The fourth-order valence-corrected chi connectivity index (χ4v) is 3.08. The van der Waals surface area contributed by atoms with E-state index in [9.17, 15) is 4.79 Å². The standard InChI is InChI=1S/C17H18N4O/c22-16-11-15(20-9-5-2-6-10-20)19-17-14(12-18-21(16)17)13-7-3-1-4-8-13/h1,3-4,7-8,11-12,18H,2,5-6,9-10H2. The number of H-pyrrole nitrogens is 1. The topological polar surface area (TPSA) is 53.4 Å². The van der Waals surface area contributed by atoms with Crippen molar-refractivity contribution in [2.24, 2.45) is 0 Å². The number of hydrogen-bond acceptors (Lipinski definition) is 3. The van der Waals surface area contributed by atoms with E-state index in [4.69, 9.17) is 4.98 Å². The Morgan fingerprint density at radius 1 is 1.05 bits per heavy atom. The van der Waals surface area contributed by atoms with Gasteiger partial charge in [0.05, 0.1) is 0 Å². The molecular formula is C17H18N4O. The summed E-state index contributed by atoms with van der Waals surface area (Å²) in [5.41, 5.74) is 2.65. The van der Waals surface area contributed by atoms with Crippen LogP contribution in [-0.2, 0) is 0 Å². The van der Waals surface area contributed by atoms with Crippen LogP contribution in [0.2, 0.25) is 0 Å². The van der Waals surface area contributed by atoms with Crippen LogP contribution in [-0.4, -0.2) is 27.7 Å². The first-order valence-electron chi connectivity index (χ1n) is 7.74. The van der Waals surface area contributed by atoms with E-state index < -0.39 is 0 Å². The Morgan fingerprint density at radius 3 is 2.59 bits per heavy atom. The van der Waals surface area contributed by atoms with Gasteiger partial charge in [-0.15, -0.1) is 0 Å². The van der Waals surface area contributed by atoms with Crippen molar-refractivity contribution in [3.05, 3.63) is 52.9 Å². The van der Waals surface area contributed by atoms with Gasteiger partial charge in [0, 0.05) is 30.9 Å². The lowest BCUT2D eigenvalue weighted by Crippen LogP contribution is -2.31. The van der Waals surface area contributed by atoms with Gasteiger partial charge in [-0.05, 0) is 24.8 Å². The maximum Gasteiger partial charge on any atom is 0.274 e. The second kappa shape index (κ2) is 5.33. The predicted molar refractivity (Wildman–Crippen MR) is 87.3 cm³/mol. The minimum Gasteiger partial charge on any atom is -0.356 e. The van der Waals surface area contributed by atoms with Crippen LogP contribution in [0.15, 0.2) is 47.4 Å². The summed E-state index contributed by atoms with van der Waals surface area (Å²) in [6, 6.07) is 11.7. The van der Waals surface area contributed by atoms with Crippen LogP contribution in [0.1, 0.15) is 19.3 Å². The van der Waals surface area contributed by atoms with E-state index in [1.165, 1.54) is 23.8 Å². The number of aromatic amines is 1. The average molecular weight is 294 g/mol. The van der Waals surface area contributed by atoms with Crippen LogP contribution < -0.4 is 10.5 Å². The molecule has 3 aromatic rings. The Morgan fingerprint density at radius 2 is 1.82 bits per heavy atom. The largest absolute Gasteiger partial charge is 0.356 e. The van der Waals surface area contributed by atoms with E-state index >= 15 is 0 Å². The second-order valence-electron chi connectivity index (χ2n) is 5.71. The first-order chi connectivity index (χ1) is 10.8. The summed E-state index contributed by atoms with van der Waals surface area (Å²) in [6.45, 7) is 1.96. The molecule has 0 atom stereocenters. The molecule has 0 radical (unpaired) electrons. The molecule has 1 saturated heterocycles. The van der Waals surface area contributed by atoms with Gasteiger partial charge >= 0.3 is 0 Å². The summed E-state index contributed by atoms with van der Waals surface area (Å²) in [6.07, 6.45) is 5.44. The number of fused-ring (bicyclic) bond motifs is 1. The quantitative estimate of drug-likeness (QED) is 0.790. The lowest BCUT2D eigenvalue weighted by Gasteiger charge is -2.27. The highest BCUT2D eigenvalue weighted by Gasteiger charge is 2.16. The van der Waals surface area contributed by atoms with Crippen molar-refractivity contribution in [1.29, 1.82) is 0 Å². The number of rotatable bonds is 2. The summed E-state index contributed by atoms with van der Waals surface area (Å²) in [5, 5.41) is 3.01. The molecular weight excluding hydrogens is 276 g/mol. The molecule has 1 N–H and O–H groups in total. The molecule has 1 aliphatic rings. The van der Waals surface area contributed by atoms with E-state index in [0.29, 0.717) is 5.65 Å². The first-order valence-corrected chi connectivity index (χ1v) is 7.74. The highest BCUT2D eigenvalue weighted by atomic mass is 16.1. The van der Waals surface area contributed by atoms with Gasteiger partial charge in [0.25, 0.3) is 5.56 Å². The molecule has 0 aliphatic carbocycles. The molecule has 0 saturated carbocycles. The Labute approximate surface area is 128 Å². The number of nitrogens with zero attached hydrogens (tertiary/aromatic N) is 3. The van der Waals surface area contributed by atoms with E-state index in [1.54, 1.807) is 6.07 Å². The molecule has 22 heavy (non-hydrogen) atoms. The summed E-state index contributed by atoms with van der Waals surface area (Å²) in [5.74, 6) is 0.793. The second-order valence-corrected chi connectivity index (χ2v) is 5.71. The van der Waals surface area contributed by atoms with Gasteiger partial charge in [0.15, 0.2) is 5.65 Å². The molecule has 0 spiro atoms. The van der Waals surface area contributed by atoms with Crippen molar-refractivity contribution in [3.63, 3.8) is 0 Å². The lowest BCUT2D eigenvalue weighted by molar-refractivity contribution is 0.573. The number of piperidine rings is 1. The number of hydrogen-bond donors (Lipinski definition) is 1. The fourth-order valence-electron chi connectivity index (χ4n) is 3.08. The minimum absolute atomic E-state index is 0.0623. The van der Waals surface area contributed by atoms with Gasteiger partial charge in [-0.25, -0.2) is 9.50 Å². The highest BCUT2D eigenvalue weighted by molar-refractivity contribution is 5.77. The molecule has 1 fully saturated rings. The van der Waals surface area contributed by atoms with Crippen LogP contribution >= 0.6 is 0 Å². The molecule has 5 nitrogen and oxygen atoms in total. The van der Waals surface area contributed by atoms with Gasteiger partial charge in [-0.1, -0.05) is 30.3 Å². The third-order valence-electron chi connectivity index (χ3n) is 4.25. The van der Waals surface area contributed by atoms with Gasteiger partial charge in [0.1, 0.15) is 5.82 Å². The number of benzene rings is 1. The van der Waals surface area contributed by atoms with E-state index in [1.807, 2.05) is 36.5 Å². The summed E-state index contributed by atoms with van der Waals surface area (Å²) in [7, 11) is 0. The molecule has 1 aromatic carbocycles. The van der Waals surface area contributed by atoms with Crippen LogP contribution in [0.5, 0.6) is 0 Å². The smallest absolute Gasteiger partial charge is 0.274 e. The Balaban J connectivity index is 1.86. The van der Waals surface area contributed by atoms with Gasteiger partial charge in [-0.2, -0.15) is 0 Å². The molecule has 1 aliphatic heterocycles. The van der Waals surface area contributed by atoms with E-state index in [0.717, 1.165) is 30.0 Å². The summed E-state index contributed by atoms with van der Waals surface area (Å²) >= 11 is 0. The van der Waals surface area contributed by atoms with E-state index in [2.05, 4.69) is 10.00 Å². The van der Waals surface area contributed by atoms with Crippen molar-refractivity contribution in [1.82, 2.24) is 14.6 Å². The zero-order valence-corrected chi connectivity index (χ0v) is 12.3. The normalized spacial score (nSPS) is 15.4. The fraction of sp³-hybridized carbons (Fsp3) is 0.294. The molecule has 2 aromatic heterocycles. The number of aromatic nitrogens is 3. The van der Waals surface area contributed by atoms with Crippen molar-refractivity contribution in [2.75, 3.05) is 18.0 Å². The molecule has 4 rings (SSSR count). The van der Waals surface area contributed by atoms with E-state index in [-0.39, 0.29) is 5.56 Å². The van der Waals surface area contributed by atoms with Crippen molar-refractivity contribution < 1.29 is 0 Å². The van der Waals surface area contributed by atoms with Crippen LogP contribution in [0.3, 0.4) is 0 Å². The number of nitrogens with one attached hydrogen (secondary N) is 1. The SMILES string of the molecule is O=c1cc(N2CCCCC2)nc2c(-c3ccccc3)c[nH]n12. The van der Waals surface area contributed by atoms with Crippen LogP contribution in [0.25, 0.3) is 16.8 Å². The average Bonchev–Trinajstić information content (AvgIpc) is 3.01. The molecule has 0 bridgehead atoms. The molecule has 0 unspecified atom stereocenters. The zero-order valence-electron chi connectivity index (χ0n) is 12.3.